The molecule has 6 rings (SSSR count). The second-order valence-corrected chi connectivity index (χ2v) is 12.0. The van der Waals surface area contributed by atoms with E-state index >= 15 is 0 Å². The van der Waals surface area contributed by atoms with Gasteiger partial charge in [0.2, 0.25) is 0 Å². The number of ether oxygens (including phenoxy) is 1. The number of fused-ring (bicyclic) bond motifs is 1. The number of H-pyrrole nitrogens is 1. The molecule has 0 saturated carbocycles. The minimum absolute atomic E-state index is 0.184. The van der Waals surface area contributed by atoms with E-state index in [1.54, 1.807) is 18.5 Å². The van der Waals surface area contributed by atoms with Gasteiger partial charge in [0, 0.05) is 60.6 Å². The molecule has 0 aliphatic heterocycles. The minimum Gasteiger partial charge on any atom is -0.457 e. The molecule has 11 nitrogen and oxygen atoms in total. The van der Waals surface area contributed by atoms with Crippen LogP contribution in [-0.4, -0.2) is 58.8 Å². The van der Waals surface area contributed by atoms with Gasteiger partial charge in [0.15, 0.2) is 6.29 Å². The number of para-hydroxylation sites is 1. The van der Waals surface area contributed by atoms with E-state index in [0.717, 1.165) is 56.7 Å². The van der Waals surface area contributed by atoms with Crippen LogP contribution in [0.25, 0.3) is 27.7 Å². The van der Waals surface area contributed by atoms with Crippen molar-refractivity contribution in [1.29, 1.82) is 0 Å². The molecule has 3 aromatic carbocycles. The van der Waals surface area contributed by atoms with Crippen LogP contribution in [-0.2, 0) is 16.9 Å². The van der Waals surface area contributed by atoms with Crippen molar-refractivity contribution >= 4 is 38.5 Å². The summed E-state index contributed by atoms with van der Waals surface area (Å²) in [5.41, 5.74) is 5.57. The molecule has 0 aliphatic carbocycles. The van der Waals surface area contributed by atoms with Gasteiger partial charge in [-0.3, -0.25) is 23.9 Å². The maximum absolute atomic E-state index is 11.9. The van der Waals surface area contributed by atoms with E-state index in [2.05, 4.69) is 32.5 Å². The highest BCUT2D eigenvalue weighted by Crippen LogP contribution is 2.36. The van der Waals surface area contributed by atoms with Crippen molar-refractivity contribution in [3.63, 3.8) is 0 Å². The third kappa shape index (κ3) is 8.78. The number of aromatic amines is 1. The van der Waals surface area contributed by atoms with Crippen LogP contribution >= 0.6 is 0 Å². The number of benzene rings is 3. The van der Waals surface area contributed by atoms with E-state index < -0.39 is 9.80 Å². The predicted octanol–water partition coefficient (Wildman–Crippen LogP) is 5.56. The van der Waals surface area contributed by atoms with E-state index in [4.69, 9.17) is 9.29 Å². The number of nitrogens with zero attached hydrogens (tertiary/aromatic N) is 4. The van der Waals surface area contributed by atoms with E-state index in [0.29, 0.717) is 6.29 Å². The molecule has 12 heteroatoms. The number of hydrogen-bond acceptors (Lipinski definition) is 7. The number of nitrogens with one attached hydrogen (secondary N) is 2. The Bertz CT molecular complexity index is 2040. The number of aldehydes is 1. The van der Waals surface area contributed by atoms with E-state index in [1.807, 2.05) is 98.8 Å². The van der Waals surface area contributed by atoms with Gasteiger partial charge in [-0.2, -0.15) is 10.2 Å². The molecule has 0 bridgehead atoms. The SMILES string of the molecule is C=S(C)(=O)O.CNc1ccc(Oc2cc3cnn(C)c3cc2-c2cn[nH]c2)cc1.Cc1cc(C=O)c(=O)n(-c2ccccc2)c1. The Balaban J connectivity index is 0.000000189. The summed E-state index contributed by atoms with van der Waals surface area (Å²) < 4.78 is 27.0. The van der Waals surface area contributed by atoms with E-state index in [9.17, 15) is 13.8 Å². The molecule has 0 amide bonds. The first kappa shape index (κ1) is 32.5. The third-order valence-electron chi connectivity index (χ3n) is 6.37. The minimum atomic E-state index is -2.67. The van der Waals surface area contributed by atoms with Crippen molar-refractivity contribution < 1.29 is 18.3 Å². The zero-order valence-corrected chi connectivity index (χ0v) is 26.1. The maximum atomic E-state index is 11.9. The topological polar surface area (TPSA) is 144 Å². The average Bonchev–Trinajstić information content (AvgIpc) is 3.68. The lowest BCUT2D eigenvalue weighted by Crippen LogP contribution is -2.21. The summed E-state index contributed by atoms with van der Waals surface area (Å²) >= 11 is 0. The lowest BCUT2D eigenvalue weighted by molar-refractivity contribution is 0.112. The number of pyridine rings is 1. The first-order valence-electron chi connectivity index (χ1n) is 13.7. The number of anilines is 1. The van der Waals surface area contributed by atoms with Crippen molar-refractivity contribution in [2.45, 2.75) is 6.92 Å². The molecule has 0 spiro atoms. The van der Waals surface area contributed by atoms with Gasteiger partial charge in [-0.05, 0) is 73.0 Å². The second kappa shape index (κ2) is 14.3. The number of carbonyl (C=O) groups excluding carboxylic acids is 1. The fourth-order valence-electron chi connectivity index (χ4n) is 4.31. The second-order valence-electron chi connectivity index (χ2n) is 10.1. The Morgan fingerprint density at radius 3 is 2.36 bits per heavy atom. The van der Waals surface area contributed by atoms with Gasteiger partial charge in [0.1, 0.15) is 11.5 Å². The Morgan fingerprint density at radius 1 is 1.07 bits per heavy atom. The molecular weight excluding hydrogens is 592 g/mol. The van der Waals surface area contributed by atoms with Crippen molar-refractivity contribution in [1.82, 2.24) is 24.5 Å². The van der Waals surface area contributed by atoms with Crippen LogP contribution in [0, 0.1) is 6.92 Å². The highest BCUT2D eigenvalue weighted by Gasteiger charge is 2.13. The molecule has 0 aliphatic rings. The quantitative estimate of drug-likeness (QED) is 0.161. The highest BCUT2D eigenvalue weighted by atomic mass is 32.2. The van der Waals surface area contributed by atoms with Gasteiger partial charge in [-0.25, -0.2) is 4.21 Å². The molecule has 6 aromatic rings. The summed E-state index contributed by atoms with van der Waals surface area (Å²) in [5, 5.41) is 15.4. The summed E-state index contributed by atoms with van der Waals surface area (Å²) in [7, 11) is 1.15. The van der Waals surface area contributed by atoms with Gasteiger partial charge in [0.25, 0.3) is 5.56 Å². The Morgan fingerprint density at radius 2 is 1.76 bits per heavy atom. The smallest absolute Gasteiger partial charge is 0.265 e. The molecule has 45 heavy (non-hydrogen) atoms. The fourth-order valence-corrected chi connectivity index (χ4v) is 4.31. The molecule has 0 radical (unpaired) electrons. The largest absolute Gasteiger partial charge is 0.457 e. The summed E-state index contributed by atoms with van der Waals surface area (Å²) in [6.07, 6.45) is 8.96. The first-order chi connectivity index (χ1) is 21.5. The van der Waals surface area contributed by atoms with Crippen LogP contribution in [0.3, 0.4) is 0 Å². The summed E-state index contributed by atoms with van der Waals surface area (Å²) in [5.74, 6) is 4.41. The van der Waals surface area contributed by atoms with Gasteiger partial charge in [-0.1, -0.05) is 18.2 Å². The zero-order chi connectivity index (χ0) is 32.6. The lowest BCUT2D eigenvalue weighted by Gasteiger charge is -2.12. The number of carbonyl (C=O) groups is 1. The fraction of sp³-hybridized carbons (Fsp3) is 0.121. The van der Waals surface area contributed by atoms with Crippen LogP contribution < -0.4 is 15.6 Å². The van der Waals surface area contributed by atoms with E-state index in [-0.39, 0.29) is 11.1 Å². The van der Waals surface area contributed by atoms with Crippen LogP contribution in [0.1, 0.15) is 15.9 Å². The predicted molar refractivity (Wildman–Crippen MR) is 180 cm³/mol. The van der Waals surface area contributed by atoms with Crippen LogP contribution in [0.2, 0.25) is 0 Å². The molecular formula is C33H34N6O5S. The van der Waals surface area contributed by atoms with Crippen LogP contribution in [0.5, 0.6) is 11.5 Å². The molecule has 1 unspecified atom stereocenters. The van der Waals surface area contributed by atoms with E-state index in [1.165, 1.54) is 4.57 Å². The van der Waals surface area contributed by atoms with Gasteiger partial charge >= 0.3 is 0 Å². The molecule has 3 aromatic heterocycles. The Labute approximate surface area is 261 Å². The monoisotopic (exact) mass is 626 g/mol. The highest BCUT2D eigenvalue weighted by molar-refractivity contribution is 7.94. The first-order valence-corrected chi connectivity index (χ1v) is 15.7. The molecule has 0 fully saturated rings. The normalized spacial score (nSPS) is 11.8. The standard InChI is InChI=1S/C18H17N5O.C13H11NO2.C2H6O2S/c1-19-14-3-5-15(6-4-14)24-18-7-12-11-22-23(2)17(12)8-16(18)13-9-20-21-10-13;1-10-7-11(9-15)13(16)14(8-10)12-5-3-2-4-6-12;1-5(2,3)4/h3-11,19H,1-2H3,(H,20,21);2-9H,1H3;1H2,2H3,(H,3,4). The lowest BCUT2D eigenvalue weighted by atomic mass is 10.1. The van der Waals surface area contributed by atoms with Gasteiger partial charge in [-0.15, -0.1) is 0 Å². The number of rotatable bonds is 6. The van der Waals surface area contributed by atoms with Crippen molar-refractivity contribution in [3.05, 3.63) is 119 Å². The zero-order valence-electron chi connectivity index (χ0n) is 25.3. The van der Waals surface area contributed by atoms with Crippen molar-refractivity contribution in [3.8, 4) is 28.3 Å². The average molecular weight is 627 g/mol. The summed E-state index contributed by atoms with van der Waals surface area (Å²) in [6, 6.07) is 22.8. The number of aryl methyl sites for hydroxylation is 2. The number of aromatic nitrogens is 5. The Hall–Kier alpha value is -5.46. The maximum Gasteiger partial charge on any atom is 0.265 e. The van der Waals surface area contributed by atoms with Gasteiger partial charge in [0.05, 0.1) is 33.3 Å². The summed E-state index contributed by atoms with van der Waals surface area (Å²) in [4.78, 5) is 22.6. The molecule has 232 valence electrons. The third-order valence-corrected chi connectivity index (χ3v) is 6.37. The number of hydrogen-bond donors (Lipinski definition) is 3. The molecule has 1 atom stereocenters. The molecule has 0 saturated heterocycles. The van der Waals surface area contributed by atoms with Crippen molar-refractivity contribution in [2.24, 2.45) is 7.05 Å². The van der Waals surface area contributed by atoms with Crippen LogP contribution in [0.4, 0.5) is 5.69 Å². The van der Waals surface area contributed by atoms with Crippen LogP contribution in [0.15, 0.2) is 102 Å². The Kier molecular flexibility index (Phi) is 10.3. The summed E-state index contributed by atoms with van der Waals surface area (Å²) in [6.45, 7) is 1.85. The molecule has 3 heterocycles. The van der Waals surface area contributed by atoms with Crippen molar-refractivity contribution in [2.75, 3.05) is 18.6 Å². The molecule has 3 N–H and O–H groups in total. The van der Waals surface area contributed by atoms with Gasteiger partial charge < -0.3 is 14.6 Å².